The first kappa shape index (κ1) is 20.6. The summed E-state index contributed by atoms with van der Waals surface area (Å²) in [6.07, 6.45) is 4.11. The van der Waals surface area contributed by atoms with Crippen molar-refractivity contribution < 1.29 is 13.9 Å². The minimum atomic E-state index is -0.536. The molecular formula is C24H21FN6O2. The molecule has 0 aliphatic rings. The molecule has 0 radical (unpaired) electrons. The van der Waals surface area contributed by atoms with Gasteiger partial charge in [-0.3, -0.25) is 4.79 Å². The fourth-order valence-corrected chi connectivity index (χ4v) is 3.76. The Bertz CT molecular complexity index is 1480. The Labute approximate surface area is 188 Å². The molecule has 4 aromatic heterocycles. The molecule has 0 aliphatic heterocycles. The number of methoxy groups -OCH3 is 1. The highest BCUT2D eigenvalue weighted by atomic mass is 19.1. The maximum atomic E-state index is 15.3. The Morgan fingerprint density at radius 1 is 1.18 bits per heavy atom. The van der Waals surface area contributed by atoms with E-state index in [-0.39, 0.29) is 17.4 Å². The number of fused-ring (bicyclic) bond motifs is 2. The van der Waals surface area contributed by atoms with Gasteiger partial charge in [0.25, 0.3) is 5.91 Å². The third-order valence-corrected chi connectivity index (χ3v) is 5.36. The maximum Gasteiger partial charge on any atom is 0.256 e. The molecule has 8 nitrogen and oxygen atoms in total. The van der Waals surface area contributed by atoms with E-state index in [9.17, 15) is 4.79 Å². The van der Waals surface area contributed by atoms with Crippen LogP contribution in [0.2, 0.25) is 0 Å². The van der Waals surface area contributed by atoms with Gasteiger partial charge in [-0.15, -0.1) is 0 Å². The summed E-state index contributed by atoms with van der Waals surface area (Å²) in [5.41, 5.74) is 2.33. The second-order valence-electron chi connectivity index (χ2n) is 7.54. The topological polar surface area (TPSA) is 86.3 Å². The van der Waals surface area contributed by atoms with Gasteiger partial charge in [-0.2, -0.15) is 10.2 Å². The van der Waals surface area contributed by atoms with Gasteiger partial charge in [0.2, 0.25) is 0 Å². The number of halogens is 1. The summed E-state index contributed by atoms with van der Waals surface area (Å²) < 4.78 is 24.0. The van der Waals surface area contributed by atoms with Crippen molar-refractivity contribution in [1.29, 1.82) is 0 Å². The van der Waals surface area contributed by atoms with Crippen molar-refractivity contribution in [2.45, 2.75) is 19.9 Å². The molecule has 0 aliphatic carbocycles. The van der Waals surface area contributed by atoms with E-state index < -0.39 is 5.82 Å². The molecule has 0 saturated heterocycles. The molecule has 0 fully saturated rings. The average molecular weight is 444 g/mol. The molecule has 4 heterocycles. The molecule has 33 heavy (non-hydrogen) atoms. The zero-order chi connectivity index (χ0) is 22.9. The van der Waals surface area contributed by atoms with Crippen molar-refractivity contribution in [3.05, 3.63) is 72.3 Å². The van der Waals surface area contributed by atoms with Crippen LogP contribution in [0.4, 0.5) is 10.2 Å². The summed E-state index contributed by atoms with van der Waals surface area (Å²) in [6.45, 7) is 2.58. The molecule has 1 amide bonds. The Hall–Kier alpha value is -4.27. The van der Waals surface area contributed by atoms with Crippen LogP contribution in [0.3, 0.4) is 0 Å². The average Bonchev–Trinajstić information content (AvgIpc) is 3.40. The van der Waals surface area contributed by atoms with E-state index in [0.29, 0.717) is 40.0 Å². The van der Waals surface area contributed by atoms with E-state index in [1.807, 2.05) is 13.0 Å². The molecule has 166 valence electrons. The van der Waals surface area contributed by atoms with Crippen LogP contribution in [0, 0.1) is 5.82 Å². The fraction of sp³-hybridized carbons (Fsp3) is 0.167. The van der Waals surface area contributed by atoms with Crippen LogP contribution in [0.25, 0.3) is 27.8 Å². The highest BCUT2D eigenvalue weighted by molar-refractivity contribution is 6.07. The van der Waals surface area contributed by atoms with Crippen molar-refractivity contribution in [1.82, 2.24) is 24.4 Å². The maximum absolute atomic E-state index is 15.3. The lowest BCUT2D eigenvalue weighted by molar-refractivity contribution is 0.102. The molecule has 0 bridgehead atoms. The number of rotatable bonds is 6. The van der Waals surface area contributed by atoms with Crippen LogP contribution in [-0.2, 0) is 6.54 Å². The molecule has 1 N–H and O–H groups in total. The number of aryl methyl sites for hydroxylation is 1. The Morgan fingerprint density at radius 2 is 2.00 bits per heavy atom. The van der Waals surface area contributed by atoms with E-state index in [2.05, 4.69) is 20.5 Å². The number of anilines is 1. The van der Waals surface area contributed by atoms with Gasteiger partial charge < -0.3 is 10.1 Å². The first-order chi connectivity index (χ1) is 16.1. The first-order valence-electron chi connectivity index (χ1n) is 10.5. The van der Waals surface area contributed by atoms with Crippen molar-refractivity contribution in [2.75, 3.05) is 12.4 Å². The lowest BCUT2D eigenvalue weighted by Crippen LogP contribution is -2.12. The van der Waals surface area contributed by atoms with Gasteiger partial charge in [-0.25, -0.2) is 18.6 Å². The highest BCUT2D eigenvalue weighted by Crippen LogP contribution is 2.32. The number of hydrogen-bond acceptors (Lipinski definition) is 5. The first-order valence-corrected chi connectivity index (χ1v) is 10.5. The normalized spacial score (nSPS) is 11.2. The summed E-state index contributed by atoms with van der Waals surface area (Å²) >= 11 is 0. The van der Waals surface area contributed by atoms with Crippen molar-refractivity contribution >= 4 is 28.3 Å². The van der Waals surface area contributed by atoms with E-state index in [4.69, 9.17) is 4.74 Å². The van der Waals surface area contributed by atoms with Gasteiger partial charge in [0.1, 0.15) is 11.4 Å². The lowest BCUT2D eigenvalue weighted by atomic mass is 10.1. The number of nitrogens with one attached hydrogen (secondary N) is 1. The number of carbonyl (C=O) groups excluding carboxylic acids is 1. The van der Waals surface area contributed by atoms with Gasteiger partial charge in [0.15, 0.2) is 17.3 Å². The predicted octanol–water partition coefficient (Wildman–Crippen LogP) is 4.56. The van der Waals surface area contributed by atoms with Gasteiger partial charge in [-0.1, -0.05) is 25.1 Å². The number of aromatic nitrogens is 5. The third-order valence-electron chi connectivity index (χ3n) is 5.36. The minimum Gasteiger partial charge on any atom is -0.497 e. The zero-order valence-electron chi connectivity index (χ0n) is 18.1. The smallest absolute Gasteiger partial charge is 0.256 e. The molecule has 1 aromatic carbocycles. The summed E-state index contributed by atoms with van der Waals surface area (Å²) in [4.78, 5) is 17.3. The quantitative estimate of drug-likeness (QED) is 0.415. The fourth-order valence-electron chi connectivity index (χ4n) is 3.76. The SMILES string of the molecule is CCCn1nc(NC(=O)c2ccccc2)c2cc(F)c(-c3cnn4ccc(OC)cc34)nc21. The number of carbonyl (C=O) groups is 1. The van der Waals surface area contributed by atoms with Gasteiger partial charge in [0.05, 0.1) is 24.2 Å². The van der Waals surface area contributed by atoms with Crippen LogP contribution < -0.4 is 10.1 Å². The van der Waals surface area contributed by atoms with E-state index in [1.165, 1.54) is 6.07 Å². The van der Waals surface area contributed by atoms with Crippen LogP contribution in [0.15, 0.2) is 60.9 Å². The molecule has 5 aromatic rings. The zero-order valence-corrected chi connectivity index (χ0v) is 18.1. The summed E-state index contributed by atoms with van der Waals surface area (Å²) in [5.74, 6) is 0.0452. The van der Waals surface area contributed by atoms with Crippen LogP contribution >= 0.6 is 0 Å². The Kier molecular flexibility index (Phi) is 5.21. The summed E-state index contributed by atoms with van der Waals surface area (Å²) in [6, 6.07) is 13.7. The van der Waals surface area contributed by atoms with Crippen molar-refractivity contribution in [3.63, 3.8) is 0 Å². The van der Waals surface area contributed by atoms with Crippen molar-refractivity contribution in [2.24, 2.45) is 0 Å². The number of hydrogen-bond donors (Lipinski definition) is 1. The molecule has 0 spiro atoms. The van der Waals surface area contributed by atoms with E-state index in [1.54, 1.807) is 65.1 Å². The third kappa shape index (κ3) is 3.67. The number of nitrogens with zero attached hydrogens (tertiary/aromatic N) is 5. The second kappa shape index (κ2) is 8.34. The van der Waals surface area contributed by atoms with Crippen LogP contribution in [-0.4, -0.2) is 37.4 Å². The van der Waals surface area contributed by atoms with Gasteiger partial charge >= 0.3 is 0 Å². The Morgan fingerprint density at radius 3 is 2.76 bits per heavy atom. The van der Waals surface area contributed by atoms with Crippen LogP contribution in [0.5, 0.6) is 5.75 Å². The number of benzene rings is 1. The largest absolute Gasteiger partial charge is 0.497 e. The standard InChI is InChI=1S/C24H21FN6O2/c1-3-10-31-23-17(22(29-31)28-24(32)15-7-5-4-6-8-15)13-19(25)21(27-23)18-14-26-30-11-9-16(33-2)12-20(18)30/h4-9,11-14H,3,10H2,1-2H3,(H,28,29,32). The van der Waals surface area contributed by atoms with E-state index >= 15 is 4.39 Å². The molecule has 0 saturated carbocycles. The highest BCUT2D eigenvalue weighted by Gasteiger charge is 2.21. The van der Waals surface area contributed by atoms with Crippen molar-refractivity contribution in [3.8, 4) is 17.0 Å². The summed E-state index contributed by atoms with van der Waals surface area (Å²) in [5, 5.41) is 12.0. The summed E-state index contributed by atoms with van der Waals surface area (Å²) in [7, 11) is 1.57. The number of pyridine rings is 2. The Balaban J connectivity index is 1.63. The van der Waals surface area contributed by atoms with Gasteiger partial charge in [0, 0.05) is 29.9 Å². The van der Waals surface area contributed by atoms with E-state index in [0.717, 1.165) is 6.42 Å². The molecular weight excluding hydrogens is 423 g/mol. The lowest BCUT2D eigenvalue weighted by Gasteiger charge is -2.05. The molecule has 0 atom stereocenters. The molecule has 0 unspecified atom stereocenters. The minimum absolute atomic E-state index is 0.156. The molecule has 9 heteroatoms. The van der Waals surface area contributed by atoms with Crippen LogP contribution in [0.1, 0.15) is 23.7 Å². The predicted molar refractivity (Wildman–Crippen MR) is 123 cm³/mol. The molecule has 5 rings (SSSR count). The number of amides is 1. The monoisotopic (exact) mass is 444 g/mol. The van der Waals surface area contributed by atoms with Gasteiger partial charge in [-0.05, 0) is 30.7 Å². The number of ether oxygens (including phenoxy) is 1. The second-order valence-corrected chi connectivity index (χ2v) is 7.54.